The molecule has 3 saturated heterocycles. The summed E-state index contributed by atoms with van der Waals surface area (Å²) in [6, 6.07) is 21.6. The Morgan fingerprint density at radius 2 is 1.58 bits per heavy atom. The molecule has 4 amide bonds. The van der Waals surface area contributed by atoms with Crippen LogP contribution in [-0.4, -0.2) is 76.7 Å². The van der Waals surface area contributed by atoms with Crippen LogP contribution in [0.15, 0.2) is 84.4 Å². The molecular formula is C38H35Cl2N3O7. The molecule has 3 aromatic carbocycles. The second-order valence-corrected chi connectivity index (χ2v) is 14.9. The third-order valence-electron chi connectivity index (χ3n) is 11.1. The SMILES string of the molecule is CN1C(=O)[C@]2(Cl)C[C@@H]3C(=CC[C@@H]4C(=O)N(c5ccc(N6CCOCC6)cc5)C(=O)[C@@H]43)[C@H](c3ccc(OCc4ccccc4)cc3O)[C@]2(Cl)C1=O. The van der Waals surface area contributed by atoms with Crippen LogP contribution < -0.4 is 14.5 Å². The number of alkyl halides is 2. The number of aromatic hydroxyl groups is 1. The van der Waals surface area contributed by atoms with Crippen LogP contribution in [0.25, 0.3) is 0 Å². The number of anilines is 2. The molecule has 8 rings (SSSR count). The Bertz CT molecular complexity index is 1930. The summed E-state index contributed by atoms with van der Waals surface area (Å²) in [5.41, 5.74) is 3.25. The van der Waals surface area contributed by atoms with Gasteiger partial charge in [0.1, 0.15) is 18.1 Å². The van der Waals surface area contributed by atoms with Crippen LogP contribution in [0.2, 0.25) is 0 Å². The highest BCUT2D eigenvalue weighted by molar-refractivity contribution is 6.53. The summed E-state index contributed by atoms with van der Waals surface area (Å²) in [4.78, 5) is 56.4. The molecule has 3 aliphatic heterocycles. The number of carbonyl (C=O) groups is 4. The fraction of sp³-hybridized carbons (Fsp3) is 0.368. The smallest absolute Gasteiger partial charge is 0.253 e. The largest absolute Gasteiger partial charge is 0.508 e. The van der Waals surface area contributed by atoms with Gasteiger partial charge in [0.15, 0.2) is 9.75 Å². The number of ether oxygens (including phenoxy) is 2. The number of rotatable bonds is 6. The van der Waals surface area contributed by atoms with E-state index in [0.717, 1.165) is 29.2 Å². The summed E-state index contributed by atoms with van der Waals surface area (Å²) < 4.78 is 11.4. The van der Waals surface area contributed by atoms with Crippen molar-refractivity contribution in [1.82, 2.24) is 4.90 Å². The van der Waals surface area contributed by atoms with Gasteiger partial charge in [-0.3, -0.25) is 29.0 Å². The zero-order chi connectivity index (χ0) is 34.9. The minimum Gasteiger partial charge on any atom is -0.508 e. The summed E-state index contributed by atoms with van der Waals surface area (Å²) in [7, 11) is 1.34. The normalized spacial score (nSPS) is 30.6. The number of hydrogen-bond donors (Lipinski definition) is 1. The van der Waals surface area contributed by atoms with Gasteiger partial charge in [-0.2, -0.15) is 0 Å². The van der Waals surface area contributed by atoms with E-state index in [-0.39, 0.29) is 36.7 Å². The number of benzene rings is 3. The van der Waals surface area contributed by atoms with Gasteiger partial charge in [-0.15, -0.1) is 23.2 Å². The first-order chi connectivity index (χ1) is 24.0. The molecule has 2 aliphatic carbocycles. The van der Waals surface area contributed by atoms with Crippen molar-refractivity contribution < 1.29 is 33.8 Å². The highest BCUT2D eigenvalue weighted by atomic mass is 35.5. The van der Waals surface area contributed by atoms with Crippen LogP contribution in [0.1, 0.15) is 29.9 Å². The van der Waals surface area contributed by atoms with Crippen molar-refractivity contribution in [1.29, 1.82) is 0 Å². The Morgan fingerprint density at radius 1 is 0.880 bits per heavy atom. The zero-order valence-electron chi connectivity index (χ0n) is 27.3. The third kappa shape index (κ3) is 4.79. The van der Waals surface area contributed by atoms with Gasteiger partial charge >= 0.3 is 0 Å². The average Bonchev–Trinajstić information content (AvgIpc) is 3.46. The first-order valence-electron chi connectivity index (χ1n) is 16.7. The topological polar surface area (TPSA) is 117 Å². The predicted octanol–water partition coefficient (Wildman–Crippen LogP) is 5.00. The lowest BCUT2D eigenvalue weighted by Gasteiger charge is -2.50. The minimum absolute atomic E-state index is 0.127. The molecule has 5 aliphatic rings. The molecular weight excluding hydrogens is 681 g/mol. The number of imide groups is 2. The summed E-state index contributed by atoms with van der Waals surface area (Å²) >= 11 is 14.6. The average molecular weight is 717 g/mol. The van der Waals surface area contributed by atoms with Gasteiger partial charge in [-0.1, -0.05) is 48.0 Å². The van der Waals surface area contributed by atoms with E-state index in [9.17, 15) is 24.3 Å². The van der Waals surface area contributed by atoms with Gasteiger partial charge in [-0.25, -0.2) is 0 Å². The Kier molecular flexibility index (Phi) is 7.97. The fourth-order valence-electron chi connectivity index (χ4n) is 8.58. The van der Waals surface area contributed by atoms with E-state index in [1.54, 1.807) is 24.3 Å². The number of phenolic OH excluding ortho intramolecular Hbond substituents is 1. The molecule has 1 N–H and O–H groups in total. The molecule has 0 radical (unpaired) electrons. The first kappa shape index (κ1) is 32.8. The van der Waals surface area contributed by atoms with E-state index >= 15 is 0 Å². The molecule has 0 unspecified atom stereocenters. The first-order valence-corrected chi connectivity index (χ1v) is 17.5. The summed E-state index contributed by atoms with van der Waals surface area (Å²) in [6.07, 6.45) is 1.94. The maximum absolute atomic E-state index is 14.4. The van der Waals surface area contributed by atoms with Crippen molar-refractivity contribution >= 4 is 58.2 Å². The maximum atomic E-state index is 14.4. The van der Waals surface area contributed by atoms with E-state index < -0.39 is 51.1 Å². The van der Waals surface area contributed by atoms with E-state index in [1.165, 1.54) is 18.0 Å². The van der Waals surface area contributed by atoms with Gasteiger partial charge in [0.25, 0.3) is 11.8 Å². The van der Waals surface area contributed by atoms with Gasteiger partial charge in [0.05, 0.1) is 30.7 Å². The lowest BCUT2D eigenvalue weighted by atomic mass is 9.56. The van der Waals surface area contributed by atoms with E-state index in [4.69, 9.17) is 32.7 Å². The molecule has 10 nitrogen and oxygen atoms in total. The van der Waals surface area contributed by atoms with E-state index in [2.05, 4.69) is 4.90 Å². The number of halogens is 2. The second kappa shape index (κ2) is 12.1. The number of nitrogens with zero attached hydrogens (tertiary/aromatic N) is 3. The molecule has 12 heteroatoms. The van der Waals surface area contributed by atoms with Crippen LogP contribution in [0.3, 0.4) is 0 Å². The van der Waals surface area contributed by atoms with Crippen molar-refractivity contribution in [2.75, 3.05) is 43.2 Å². The number of allylic oxidation sites excluding steroid dienone is 2. The van der Waals surface area contributed by atoms with Gasteiger partial charge < -0.3 is 19.5 Å². The lowest BCUT2D eigenvalue weighted by Crippen LogP contribution is -2.60. The molecule has 1 saturated carbocycles. The van der Waals surface area contributed by atoms with Crippen LogP contribution in [0.4, 0.5) is 11.4 Å². The molecule has 258 valence electrons. The van der Waals surface area contributed by atoms with Gasteiger partial charge in [0, 0.05) is 43.4 Å². The van der Waals surface area contributed by atoms with Gasteiger partial charge in [0.2, 0.25) is 11.8 Å². The molecule has 6 atom stereocenters. The molecule has 0 aromatic heterocycles. The Labute approximate surface area is 299 Å². The number of hydrogen-bond acceptors (Lipinski definition) is 8. The monoisotopic (exact) mass is 715 g/mol. The predicted molar refractivity (Wildman–Crippen MR) is 186 cm³/mol. The van der Waals surface area contributed by atoms with Crippen molar-refractivity contribution in [3.05, 3.63) is 95.6 Å². The van der Waals surface area contributed by atoms with Crippen molar-refractivity contribution in [3.63, 3.8) is 0 Å². The lowest BCUT2D eigenvalue weighted by molar-refractivity contribution is -0.138. The number of morpholine rings is 1. The number of amides is 4. The van der Waals surface area contributed by atoms with E-state index in [0.29, 0.717) is 30.2 Å². The quantitative estimate of drug-likeness (QED) is 0.215. The van der Waals surface area contributed by atoms with Crippen LogP contribution in [0.5, 0.6) is 11.5 Å². The summed E-state index contributed by atoms with van der Waals surface area (Å²) in [5.74, 6) is -5.21. The summed E-state index contributed by atoms with van der Waals surface area (Å²) in [6.45, 7) is 3.03. The second-order valence-electron chi connectivity index (χ2n) is 13.6. The van der Waals surface area contributed by atoms with Crippen LogP contribution >= 0.6 is 23.2 Å². The maximum Gasteiger partial charge on any atom is 0.253 e. The highest BCUT2D eigenvalue weighted by Gasteiger charge is 2.76. The minimum atomic E-state index is -2.00. The number of carbonyl (C=O) groups excluding carboxylic acids is 4. The molecule has 0 spiro atoms. The summed E-state index contributed by atoms with van der Waals surface area (Å²) in [5, 5.41) is 11.5. The number of likely N-dealkylation sites (tertiary alicyclic amines) is 1. The molecule has 3 heterocycles. The third-order valence-corrected chi connectivity index (χ3v) is 12.5. The zero-order valence-corrected chi connectivity index (χ0v) is 28.8. The van der Waals surface area contributed by atoms with Crippen molar-refractivity contribution in [3.8, 4) is 11.5 Å². The Hall–Kier alpha value is -4.38. The van der Waals surface area contributed by atoms with Crippen molar-refractivity contribution in [2.24, 2.45) is 17.8 Å². The standard InChI is InChI=1S/C38H35Cl2N3O7/c1-41-35(47)37(39)20-29-26(32(38(37,40)36(41)48)27-12-11-25(19-30(27)44)50-21-22-5-3-2-4-6-22)13-14-28-31(29)34(46)43(33(28)45)24-9-7-23(8-10-24)42-15-17-49-18-16-42/h2-13,19,28-29,31-32,44H,14-18,20-21H2,1H3/t28-,29+,31-,32+,37+,38-/m0/s1. The number of fused-ring (bicyclic) bond motifs is 4. The van der Waals surface area contributed by atoms with E-state index in [1.807, 2.05) is 48.5 Å². The Morgan fingerprint density at radius 3 is 2.28 bits per heavy atom. The molecule has 4 fully saturated rings. The Balaban J connectivity index is 1.15. The van der Waals surface area contributed by atoms with Crippen molar-refractivity contribution in [2.45, 2.75) is 35.1 Å². The van der Waals surface area contributed by atoms with Crippen LogP contribution in [-0.2, 0) is 30.5 Å². The molecule has 3 aromatic rings. The number of phenols is 1. The molecule has 0 bridgehead atoms. The molecule has 50 heavy (non-hydrogen) atoms. The fourth-order valence-corrected chi connectivity index (χ4v) is 9.59. The van der Waals surface area contributed by atoms with Gasteiger partial charge in [-0.05, 0) is 54.7 Å². The highest BCUT2D eigenvalue weighted by Crippen LogP contribution is 2.66. The van der Waals surface area contributed by atoms with Crippen LogP contribution in [0, 0.1) is 17.8 Å².